The second kappa shape index (κ2) is 7.47. The number of nitrogens with one attached hydrogen (secondary N) is 1. The number of nitrogens with two attached hydrogens (primary N) is 1. The standard InChI is InChI=1S/C19H18F3N5O3/c1-2-29-15-8-24-13(7-25-15)16(28)26-9-3-4-12(20)10(5-9)19(17(21)22)11-6-14(11)30-18(23)27-19/h3-5,7-8,11,14,17H,2,6H2,1H3,(H2,23,27)(H,26,28)/t11?,14-,19-/m1/s1. The normalized spacial score (nSPS) is 24.5. The molecule has 0 bridgehead atoms. The van der Waals surface area contributed by atoms with Crippen molar-refractivity contribution in [3.05, 3.63) is 47.7 Å². The van der Waals surface area contributed by atoms with Gasteiger partial charge in [0.2, 0.25) is 5.88 Å². The van der Waals surface area contributed by atoms with Gasteiger partial charge >= 0.3 is 0 Å². The lowest BCUT2D eigenvalue weighted by atomic mass is 9.84. The first-order chi connectivity index (χ1) is 14.3. The van der Waals surface area contributed by atoms with E-state index >= 15 is 0 Å². The number of amides is 1. The third-order valence-electron chi connectivity index (χ3n) is 5.01. The number of aromatic nitrogens is 2. The topological polar surface area (TPSA) is 112 Å². The van der Waals surface area contributed by atoms with Gasteiger partial charge in [-0.3, -0.25) is 4.79 Å². The van der Waals surface area contributed by atoms with E-state index in [1.165, 1.54) is 18.5 Å². The molecule has 2 aromatic rings. The number of benzene rings is 1. The Morgan fingerprint density at radius 2 is 2.20 bits per heavy atom. The second-order valence-corrected chi connectivity index (χ2v) is 6.90. The zero-order valence-electron chi connectivity index (χ0n) is 15.8. The minimum absolute atomic E-state index is 0.0245. The fourth-order valence-corrected chi connectivity index (χ4v) is 3.56. The van der Waals surface area contributed by atoms with Crippen molar-refractivity contribution in [2.75, 3.05) is 11.9 Å². The molecule has 1 aliphatic heterocycles. The van der Waals surface area contributed by atoms with Crippen LogP contribution in [0.3, 0.4) is 0 Å². The highest BCUT2D eigenvalue weighted by atomic mass is 19.3. The van der Waals surface area contributed by atoms with Gasteiger partial charge in [-0.2, -0.15) is 0 Å². The lowest BCUT2D eigenvalue weighted by molar-refractivity contribution is 0.0177. The number of halogens is 3. The van der Waals surface area contributed by atoms with Gasteiger partial charge in [0.1, 0.15) is 17.6 Å². The number of rotatable bonds is 6. The van der Waals surface area contributed by atoms with Gasteiger partial charge in [0.05, 0.1) is 19.0 Å². The number of anilines is 1. The zero-order valence-corrected chi connectivity index (χ0v) is 15.8. The second-order valence-electron chi connectivity index (χ2n) is 6.90. The summed E-state index contributed by atoms with van der Waals surface area (Å²) in [6.07, 6.45) is -0.774. The molecule has 1 aliphatic carbocycles. The van der Waals surface area contributed by atoms with E-state index in [1.807, 2.05) is 0 Å². The Labute approximate surface area is 169 Å². The maximum Gasteiger partial charge on any atom is 0.283 e. The summed E-state index contributed by atoms with van der Waals surface area (Å²) in [5.41, 5.74) is 3.11. The predicted molar refractivity (Wildman–Crippen MR) is 99.8 cm³/mol. The minimum Gasteiger partial charge on any atom is -0.477 e. The van der Waals surface area contributed by atoms with Crippen molar-refractivity contribution >= 4 is 17.6 Å². The molecule has 11 heteroatoms. The molecule has 1 saturated carbocycles. The monoisotopic (exact) mass is 421 g/mol. The van der Waals surface area contributed by atoms with Gasteiger partial charge in [-0.1, -0.05) is 0 Å². The molecule has 1 fully saturated rings. The number of carbonyl (C=O) groups excluding carboxylic acids is 1. The number of carbonyl (C=O) groups is 1. The maximum absolute atomic E-state index is 14.6. The van der Waals surface area contributed by atoms with Gasteiger partial charge in [-0.25, -0.2) is 28.1 Å². The number of hydrogen-bond donors (Lipinski definition) is 2. The van der Waals surface area contributed by atoms with Crippen LogP contribution in [0.5, 0.6) is 5.88 Å². The highest BCUT2D eigenvalue weighted by molar-refractivity contribution is 6.02. The molecule has 4 rings (SSSR count). The highest BCUT2D eigenvalue weighted by Gasteiger charge is 2.64. The summed E-state index contributed by atoms with van der Waals surface area (Å²) >= 11 is 0. The van der Waals surface area contributed by atoms with Gasteiger partial charge in [0, 0.05) is 17.2 Å². The fourth-order valence-electron chi connectivity index (χ4n) is 3.56. The SMILES string of the molecule is CCOc1cnc(C(=O)Nc2ccc(F)c([C@@]3(C(F)F)N=C(N)O[C@@H]4CC43)c2)cn1. The first kappa shape index (κ1) is 19.9. The molecule has 1 aromatic carbocycles. The molecule has 30 heavy (non-hydrogen) atoms. The summed E-state index contributed by atoms with van der Waals surface area (Å²) in [7, 11) is 0. The highest BCUT2D eigenvalue weighted by Crippen LogP contribution is 2.56. The van der Waals surface area contributed by atoms with E-state index in [-0.39, 0.29) is 29.2 Å². The van der Waals surface area contributed by atoms with Gasteiger partial charge < -0.3 is 20.5 Å². The number of ether oxygens (including phenoxy) is 2. The number of fused-ring (bicyclic) bond motifs is 1. The lowest BCUT2D eigenvalue weighted by Gasteiger charge is -2.33. The Balaban J connectivity index is 1.63. The van der Waals surface area contributed by atoms with Gasteiger partial charge in [-0.15, -0.1) is 0 Å². The largest absolute Gasteiger partial charge is 0.477 e. The van der Waals surface area contributed by atoms with Gasteiger partial charge in [-0.05, 0) is 31.5 Å². The molecule has 1 unspecified atom stereocenters. The molecule has 3 atom stereocenters. The fraction of sp³-hybridized carbons (Fsp3) is 0.368. The van der Waals surface area contributed by atoms with Crippen LogP contribution in [-0.4, -0.2) is 41.0 Å². The van der Waals surface area contributed by atoms with Crippen LogP contribution in [0.1, 0.15) is 29.4 Å². The molecule has 8 nitrogen and oxygen atoms in total. The van der Waals surface area contributed by atoms with Crippen LogP contribution in [0.25, 0.3) is 0 Å². The predicted octanol–water partition coefficient (Wildman–Crippen LogP) is 2.46. The third kappa shape index (κ3) is 3.40. The van der Waals surface area contributed by atoms with E-state index in [9.17, 15) is 18.0 Å². The summed E-state index contributed by atoms with van der Waals surface area (Å²) < 4.78 is 53.3. The van der Waals surface area contributed by atoms with Crippen LogP contribution >= 0.6 is 0 Å². The maximum atomic E-state index is 14.6. The quantitative estimate of drug-likeness (QED) is 0.741. The summed E-state index contributed by atoms with van der Waals surface area (Å²) in [4.78, 5) is 24.1. The van der Waals surface area contributed by atoms with Gasteiger partial charge in [0.25, 0.3) is 18.4 Å². The van der Waals surface area contributed by atoms with Crippen molar-refractivity contribution in [3.63, 3.8) is 0 Å². The lowest BCUT2D eigenvalue weighted by Crippen LogP contribution is -2.43. The van der Waals surface area contributed by atoms with Crippen LogP contribution in [-0.2, 0) is 10.3 Å². The van der Waals surface area contributed by atoms with Crippen molar-refractivity contribution in [2.45, 2.75) is 31.4 Å². The molecular formula is C19H18F3N5O3. The molecule has 0 saturated heterocycles. The average Bonchev–Trinajstić information content (AvgIpc) is 3.49. The summed E-state index contributed by atoms with van der Waals surface area (Å²) in [6.45, 7) is 2.17. The molecule has 0 radical (unpaired) electrons. The van der Waals surface area contributed by atoms with Gasteiger partial charge in [0.15, 0.2) is 5.54 Å². The van der Waals surface area contributed by atoms with Crippen LogP contribution in [0.4, 0.5) is 18.9 Å². The van der Waals surface area contributed by atoms with E-state index in [0.29, 0.717) is 6.61 Å². The molecule has 2 heterocycles. The molecule has 1 aromatic heterocycles. The first-order valence-electron chi connectivity index (χ1n) is 9.21. The molecular weight excluding hydrogens is 403 g/mol. The van der Waals surface area contributed by atoms with E-state index in [2.05, 4.69) is 20.3 Å². The Morgan fingerprint density at radius 1 is 1.40 bits per heavy atom. The summed E-state index contributed by atoms with van der Waals surface area (Å²) in [6, 6.07) is 2.98. The van der Waals surface area contributed by atoms with Crippen LogP contribution in [0.15, 0.2) is 35.6 Å². The first-order valence-corrected chi connectivity index (χ1v) is 9.21. The van der Waals surface area contributed by atoms with Crippen LogP contribution < -0.4 is 15.8 Å². The number of amidine groups is 1. The summed E-state index contributed by atoms with van der Waals surface area (Å²) in [5, 5.41) is 2.51. The number of alkyl halides is 2. The zero-order chi connectivity index (χ0) is 21.5. The number of hydrogen-bond acceptors (Lipinski definition) is 7. The Kier molecular flexibility index (Phi) is 4.96. The molecule has 1 amide bonds. The van der Waals surface area contributed by atoms with Crippen molar-refractivity contribution in [1.29, 1.82) is 0 Å². The summed E-state index contributed by atoms with van der Waals surface area (Å²) in [5.74, 6) is -1.97. The average molecular weight is 421 g/mol. The van der Waals surface area contributed by atoms with E-state index in [4.69, 9.17) is 15.2 Å². The van der Waals surface area contributed by atoms with E-state index in [0.717, 1.165) is 12.1 Å². The Bertz CT molecular complexity index is 1000. The molecule has 2 aliphatic rings. The van der Waals surface area contributed by atoms with Crippen molar-refractivity contribution in [3.8, 4) is 5.88 Å². The molecule has 158 valence electrons. The van der Waals surface area contributed by atoms with Crippen molar-refractivity contribution < 1.29 is 27.4 Å². The Hall–Kier alpha value is -3.37. The van der Waals surface area contributed by atoms with Crippen molar-refractivity contribution in [2.24, 2.45) is 16.6 Å². The molecule has 3 N–H and O–H groups in total. The smallest absolute Gasteiger partial charge is 0.283 e. The van der Waals surface area contributed by atoms with E-state index < -0.39 is 41.7 Å². The van der Waals surface area contributed by atoms with Crippen LogP contribution in [0, 0.1) is 11.7 Å². The van der Waals surface area contributed by atoms with Crippen LogP contribution in [0.2, 0.25) is 0 Å². The number of aliphatic imine (C=N–C) groups is 1. The van der Waals surface area contributed by atoms with E-state index in [1.54, 1.807) is 6.92 Å². The number of nitrogens with zero attached hydrogens (tertiary/aromatic N) is 3. The molecule has 0 spiro atoms. The van der Waals surface area contributed by atoms with Crippen molar-refractivity contribution in [1.82, 2.24) is 9.97 Å². The minimum atomic E-state index is -3.02. The third-order valence-corrected chi connectivity index (χ3v) is 5.01. The Morgan fingerprint density at radius 3 is 2.87 bits per heavy atom.